The predicted molar refractivity (Wildman–Crippen MR) is 103 cm³/mol. The minimum atomic E-state index is -3.63. The van der Waals surface area contributed by atoms with Gasteiger partial charge in [0.25, 0.3) is 5.91 Å². The number of nitrogen functional groups attached to an aromatic ring is 1. The molecular weight excluding hydrogens is 352 g/mol. The van der Waals surface area contributed by atoms with E-state index < -0.39 is 15.3 Å². The minimum Gasteiger partial charge on any atom is -0.368 e. The molecule has 0 atom stereocenters. The molecule has 2 aromatic carbocycles. The summed E-state index contributed by atoms with van der Waals surface area (Å²) in [6.45, 7) is 5.11. The second kappa shape index (κ2) is 6.45. The van der Waals surface area contributed by atoms with Gasteiger partial charge in [0.2, 0.25) is 16.0 Å². The number of carbonyl (C=O) groups is 1. The number of imidazole rings is 1. The van der Waals surface area contributed by atoms with Crippen LogP contribution in [0.3, 0.4) is 0 Å². The lowest BCUT2D eigenvalue weighted by atomic mass is 10.1. The predicted octanol–water partition coefficient (Wildman–Crippen LogP) is 2.77. The highest BCUT2D eigenvalue weighted by atomic mass is 32.2. The molecule has 0 spiro atoms. The van der Waals surface area contributed by atoms with Crippen molar-refractivity contribution < 1.29 is 13.2 Å². The molecule has 0 aliphatic heterocycles. The van der Waals surface area contributed by atoms with Crippen molar-refractivity contribution in [1.82, 2.24) is 8.96 Å². The summed E-state index contributed by atoms with van der Waals surface area (Å²) in [6, 6.07) is 12.0. The topological polar surface area (TPSA) is 107 Å². The lowest BCUT2D eigenvalue weighted by Gasteiger charge is -2.11. The van der Waals surface area contributed by atoms with Gasteiger partial charge in [0.1, 0.15) is 0 Å². The SMILES string of the molecule is Cc1ccc(C(=O)Nc2ccc3c(c2)nc(N)n3S(=O)(=O)C(C)C)cc1. The number of nitrogens with one attached hydrogen (secondary N) is 1. The van der Waals surface area contributed by atoms with Gasteiger partial charge in [-0.2, -0.15) is 0 Å². The van der Waals surface area contributed by atoms with Gasteiger partial charge in [0, 0.05) is 11.3 Å². The van der Waals surface area contributed by atoms with Gasteiger partial charge < -0.3 is 11.1 Å². The Bertz CT molecular complexity index is 1080. The molecule has 3 N–H and O–H groups in total. The second-order valence-corrected chi connectivity index (χ2v) is 8.69. The molecular formula is C18H20N4O3S. The average molecular weight is 372 g/mol. The Morgan fingerprint density at radius 1 is 1.15 bits per heavy atom. The van der Waals surface area contributed by atoms with E-state index in [4.69, 9.17) is 5.73 Å². The number of amides is 1. The molecule has 3 aromatic rings. The number of hydrogen-bond acceptors (Lipinski definition) is 5. The van der Waals surface area contributed by atoms with Crippen LogP contribution in [0.1, 0.15) is 29.8 Å². The maximum atomic E-state index is 12.5. The molecule has 0 aliphatic carbocycles. The average Bonchev–Trinajstić information content (AvgIpc) is 2.90. The molecule has 0 aliphatic rings. The number of benzene rings is 2. The molecule has 0 unspecified atom stereocenters. The summed E-state index contributed by atoms with van der Waals surface area (Å²) in [5.74, 6) is -0.359. The monoisotopic (exact) mass is 372 g/mol. The van der Waals surface area contributed by atoms with Crippen LogP contribution in [0.25, 0.3) is 11.0 Å². The Kier molecular flexibility index (Phi) is 4.45. The summed E-state index contributed by atoms with van der Waals surface area (Å²) < 4.78 is 26.0. The largest absolute Gasteiger partial charge is 0.368 e. The quantitative estimate of drug-likeness (QED) is 0.732. The van der Waals surface area contributed by atoms with Crippen LogP contribution in [0.5, 0.6) is 0 Å². The van der Waals surface area contributed by atoms with Crippen molar-refractivity contribution in [3.8, 4) is 0 Å². The summed E-state index contributed by atoms with van der Waals surface area (Å²) in [7, 11) is -3.63. The molecule has 3 rings (SSSR count). The van der Waals surface area contributed by atoms with Crippen LogP contribution >= 0.6 is 0 Å². The molecule has 0 fully saturated rings. The third-order valence-corrected chi connectivity index (χ3v) is 6.14. The molecule has 1 heterocycles. The van der Waals surface area contributed by atoms with Gasteiger partial charge in [-0.05, 0) is 51.1 Å². The van der Waals surface area contributed by atoms with Gasteiger partial charge >= 0.3 is 0 Å². The maximum Gasteiger partial charge on any atom is 0.255 e. The number of hydrogen-bond donors (Lipinski definition) is 2. The van der Waals surface area contributed by atoms with E-state index in [1.807, 2.05) is 19.1 Å². The van der Waals surface area contributed by atoms with Crippen LogP contribution in [0.2, 0.25) is 0 Å². The number of anilines is 2. The summed E-state index contributed by atoms with van der Waals surface area (Å²) in [6.07, 6.45) is 0. The second-order valence-electron chi connectivity index (χ2n) is 6.35. The van der Waals surface area contributed by atoms with Gasteiger partial charge in [-0.15, -0.1) is 0 Å². The summed E-state index contributed by atoms with van der Waals surface area (Å²) in [5, 5.41) is 2.15. The van der Waals surface area contributed by atoms with Gasteiger partial charge in [-0.25, -0.2) is 17.4 Å². The van der Waals surface area contributed by atoms with Crippen molar-refractivity contribution in [1.29, 1.82) is 0 Å². The molecule has 136 valence electrons. The van der Waals surface area contributed by atoms with E-state index in [1.54, 1.807) is 44.2 Å². The van der Waals surface area contributed by atoms with E-state index in [-0.39, 0.29) is 11.9 Å². The minimum absolute atomic E-state index is 0.101. The maximum absolute atomic E-state index is 12.5. The third-order valence-electron chi connectivity index (χ3n) is 4.06. The molecule has 0 bridgehead atoms. The molecule has 7 nitrogen and oxygen atoms in total. The lowest BCUT2D eigenvalue weighted by molar-refractivity contribution is 0.102. The molecule has 1 amide bonds. The number of nitrogens with two attached hydrogens (primary N) is 1. The molecule has 26 heavy (non-hydrogen) atoms. The first-order chi connectivity index (χ1) is 12.2. The molecule has 0 saturated heterocycles. The van der Waals surface area contributed by atoms with Crippen molar-refractivity contribution in [3.05, 3.63) is 53.6 Å². The standard InChI is InChI=1S/C18H20N4O3S/c1-11(2)26(24,25)22-16-9-8-14(10-15(16)21-18(22)19)20-17(23)13-6-4-12(3)5-7-13/h4-11H,1-3H3,(H2,19,21)(H,20,23). The third kappa shape index (κ3) is 3.15. The zero-order valence-electron chi connectivity index (χ0n) is 14.7. The van der Waals surface area contributed by atoms with Crippen LogP contribution in [-0.2, 0) is 10.0 Å². The fraction of sp³-hybridized carbons (Fsp3) is 0.222. The summed E-state index contributed by atoms with van der Waals surface area (Å²) >= 11 is 0. The highest BCUT2D eigenvalue weighted by molar-refractivity contribution is 7.90. The van der Waals surface area contributed by atoms with Crippen molar-refractivity contribution in [2.75, 3.05) is 11.1 Å². The summed E-state index contributed by atoms with van der Waals surface area (Å²) in [4.78, 5) is 16.4. The number of nitrogens with zero attached hydrogens (tertiary/aromatic N) is 2. The Hall–Kier alpha value is -2.87. The van der Waals surface area contributed by atoms with E-state index in [2.05, 4.69) is 10.3 Å². The van der Waals surface area contributed by atoms with Crippen molar-refractivity contribution in [3.63, 3.8) is 0 Å². The molecule has 0 radical (unpaired) electrons. The number of fused-ring (bicyclic) bond motifs is 1. The first-order valence-electron chi connectivity index (χ1n) is 8.10. The summed E-state index contributed by atoms with van der Waals surface area (Å²) in [5.41, 5.74) is 8.70. The van der Waals surface area contributed by atoms with Crippen molar-refractivity contribution in [2.24, 2.45) is 0 Å². The van der Waals surface area contributed by atoms with Gasteiger partial charge in [0.05, 0.1) is 16.3 Å². The fourth-order valence-corrected chi connectivity index (χ4v) is 3.69. The van der Waals surface area contributed by atoms with Gasteiger partial charge in [0.15, 0.2) is 0 Å². The number of aryl methyl sites for hydroxylation is 1. The van der Waals surface area contributed by atoms with Crippen molar-refractivity contribution in [2.45, 2.75) is 26.0 Å². The molecule has 8 heteroatoms. The van der Waals surface area contributed by atoms with Gasteiger partial charge in [-0.1, -0.05) is 17.7 Å². The van der Waals surface area contributed by atoms with Crippen LogP contribution in [0, 0.1) is 6.92 Å². The Balaban J connectivity index is 1.96. The Morgan fingerprint density at radius 2 is 1.81 bits per heavy atom. The first-order valence-corrected chi connectivity index (χ1v) is 9.61. The smallest absolute Gasteiger partial charge is 0.255 e. The highest BCUT2D eigenvalue weighted by Gasteiger charge is 2.24. The zero-order valence-corrected chi connectivity index (χ0v) is 15.5. The van der Waals surface area contributed by atoms with Crippen LogP contribution in [0.15, 0.2) is 42.5 Å². The van der Waals surface area contributed by atoms with E-state index in [9.17, 15) is 13.2 Å². The number of carbonyl (C=O) groups excluding carboxylic acids is 1. The number of aromatic nitrogens is 2. The Morgan fingerprint density at radius 3 is 2.42 bits per heavy atom. The van der Waals surface area contributed by atoms with Crippen LogP contribution in [0.4, 0.5) is 11.6 Å². The molecule has 0 saturated carbocycles. The van der Waals surface area contributed by atoms with E-state index >= 15 is 0 Å². The molecule has 1 aromatic heterocycles. The number of rotatable bonds is 4. The van der Waals surface area contributed by atoms with Crippen molar-refractivity contribution >= 4 is 38.6 Å². The van der Waals surface area contributed by atoms with Crippen LogP contribution < -0.4 is 11.1 Å². The normalized spacial score (nSPS) is 11.8. The van der Waals surface area contributed by atoms with Gasteiger partial charge in [-0.3, -0.25) is 4.79 Å². The van der Waals surface area contributed by atoms with Crippen LogP contribution in [-0.4, -0.2) is 28.5 Å². The Labute approximate surface area is 151 Å². The zero-order chi connectivity index (χ0) is 19.1. The highest BCUT2D eigenvalue weighted by Crippen LogP contribution is 2.25. The lowest BCUT2D eigenvalue weighted by Crippen LogP contribution is -2.23. The van der Waals surface area contributed by atoms with E-state index in [0.717, 1.165) is 9.54 Å². The first kappa shape index (κ1) is 17.9. The fourth-order valence-electron chi connectivity index (χ4n) is 2.54. The van der Waals surface area contributed by atoms with E-state index in [1.165, 1.54) is 0 Å². The van der Waals surface area contributed by atoms with E-state index in [0.29, 0.717) is 22.3 Å².